The number of hydrogen-bond acceptors (Lipinski definition) is 3. The number of pyridine rings is 1. The van der Waals surface area contributed by atoms with Crippen LogP contribution in [0.25, 0.3) is 0 Å². The lowest BCUT2D eigenvalue weighted by Crippen LogP contribution is -2.18. The Labute approximate surface area is 83.3 Å². The quantitative estimate of drug-likeness (QED) is 0.786. The van der Waals surface area contributed by atoms with Crippen LogP contribution in [0.15, 0.2) is 18.5 Å². The number of carbonyl (C=O) groups excluding carboxylic acids is 1. The van der Waals surface area contributed by atoms with Crippen molar-refractivity contribution in [2.75, 3.05) is 5.32 Å². The second-order valence-corrected chi connectivity index (χ2v) is 3.27. The van der Waals surface area contributed by atoms with Crippen LogP contribution in [0.3, 0.4) is 0 Å². The predicted octanol–water partition coefficient (Wildman–Crippen LogP) is 2.35. The Bertz CT molecular complexity index is 324. The van der Waals surface area contributed by atoms with Gasteiger partial charge in [-0.2, -0.15) is 0 Å². The Morgan fingerprint density at radius 1 is 1.57 bits per heavy atom. The highest BCUT2D eigenvalue weighted by Crippen LogP contribution is 2.11. The SMILES string of the molecule is Cc1cnccc1NC(=O)OC(C)C. The summed E-state index contributed by atoms with van der Waals surface area (Å²) in [5.74, 6) is 0. The van der Waals surface area contributed by atoms with Gasteiger partial charge in [0.15, 0.2) is 0 Å². The van der Waals surface area contributed by atoms with Crippen LogP contribution in [0.4, 0.5) is 10.5 Å². The van der Waals surface area contributed by atoms with E-state index in [2.05, 4.69) is 10.3 Å². The van der Waals surface area contributed by atoms with Crippen molar-refractivity contribution in [1.29, 1.82) is 0 Å². The third kappa shape index (κ3) is 3.05. The average Bonchev–Trinajstić information content (AvgIpc) is 2.07. The van der Waals surface area contributed by atoms with Gasteiger partial charge in [-0.1, -0.05) is 0 Å². The van der Waals surface area contributed by atoms with Crippen molar-refractivity contribution < 1.29 is 9.53 Å². The molecule has 14 heavy (non-hydrogen) atoms. The van der Waals surface area contributed by atoms with Crippen molar-refractivity contribution in [3.63, 3.8) is 0 Å². The minimum absolute atomic E-state index is 0.114. The van der Waals surface area contributed by atoms with Crippen molar-refractivity contribution in [2.24, 2.45) is 0 Å². The highest BCUT2D eigenvalue weighted by atomic mass is 16.6. The first kappa shape index (κ1) is 10.5. The molecule has 0 aliphatic heterocycles. The Hall–Kier alpha value is -1.58. The lowest BCUT2D eigenvalue weighted by atomic mass is 10.3. The molecule has 0 saturated carbocycles. The first-order valence-corrected chi connectivity index (χ1v) is 4.48. The van der Waals surface area contributed by atoms with E-state index in [4.69, 9.17) is 4.74 Å². The van der Waals surface area contributed by atoms with Crippen LogP contribution in [-0.2, 0) is 4.74 Å². The largest absolute Gasteiger partial charge is 0.447 e. The van der Waals surface area contributed by atoms with E-state index in [1.807, 2.05) is 6.92 Å². The lowest BCUT2D eigenvalue weighted by molar-refractivity contribution is 0.130. The van der Waals surface area contributed by atoms with Crippen molar-refractivity contribution in [3.05, 3.63) is 24.0 Å². The fourth-order valence-electron chi connectivity index (χ4n) is 0.967. The molecule has 1 rings (SSSR count). The Kier molecular flexibility index (Phi) is 3.45. The molecular formula is C10H14N2O2. The molecule has 0 atom stereocenters. The third-order valence-electron chi connectivity index (χ3n) is 1.60. The van der Waals surface area contributed by atoms with E-state index < -0.39 is 6.09 Å². The summed E-state index contributed by atoms with van der Waals surface area (Å²) >= 11 is 0. The molecule has 0 aliphatic carbocycles. The van der Waals surface area contributed by atoms with Crippen LogP contribution in [0.2, 0.25) is 0 Å². The average molecular weight is 194 g/mol. The molecular weight excluding hydrogens is 180 g/mol. The van der Waals surface area contributed by atoms with E-state index >= 15 is 0 Å². The van der Waals surface area contributed by atoms with Gasteiger partial charge in [0.25, 0.3) is 0 Å². The minimum Gasteiger partial charge on any atom is -0.447 e. The second-order valence-electron chi connectivity index (χ2n) is 3.27. The van der Waals surface area contributed by atoms with Crippen LogP contribution < -0.4 is 5.32 Å². The maximum atomic E-state index is 11.2. The molecule has 0 bridgehead atoms. The van der Waals surface area contributed by atoms with E-state index in [1.165, 1.54) is 0 Å². The van der Waals surface area contributed by atoms with Gasteiger partial charge < -0.3 is 4.74 Å². The predicted molar refractivity (Wildman–Crippen MR) is 54.2 cm³/mol. The molecule has 4 nitrogen and oxygen atoms in total. The summed E-state index contributed by atoms with van der Waals surface area (Å²) in [6, 6.07) is 1.73. The van der Waals surface area contributed by atoms with Crippen LogP contribution in [0.5, 0.6) is 0 Å². The lowest BCUT2D eigenvalue weighted by Gasteiger charge is -2.10. The molecule has 0 unspecified atom stereocenters. The number of rotatable bonds is 2. The number of hydrogen-bond donors (Lipinski definition) is 1. The first-order valence-electron chi connectivity index (χ1n) is 4.48. The molecule has 0 radical (unpaired) electrons. The molecule has 1 aromatic heterocycles. The topological polar surface area (TPSA) is 51.2 Å². The summed E-state index contributed by atoms with van der Waals surface area (Å²) in [6.07, 6.45) is 2.76. The number of nitrogens with zero attached hydrogens (tertiary/aromatic N) is 1. The molecule has 0 aromatic carbocycles. The number of nitrogens with one attached hydrogen (secondary N) is 1. The fraction of sp³-hybridized carbons (Fsp3) is 0.400. The smallest absolute Gasteiger partial charge is 0.411 e. The van der Waals surface area contributed by atoms with E-state index in [9.17, 15) is 4.79 Å². The van der Waals surface area contributed by atoms with Gasteiger partial charge in [0.2, 0.25) is 0 Å². The molecule has 1 aromatic rings. The van der Waals surface area contributed by atoms with Crippen LogP contribution >= 0.6 is 0 Å². The summed E-state index contributed by atoms with van der Waals surface area (Å²) < 4.78 is 4.94. The molecule has 4 heteroatoms. The Morgan fingerprint density at radius 3 is 2.86 bits per heavy atom. The zero-order valence-corrected chi connectivity index (χ0v) is 8.57. The van der Waals surface area contributed by atoms with Crippen molar-refractivity contribution in [3.8, 4) is 0 Å². The Balaban J connectivity index is 2.61. The summed E-state index contributed by atoms with van der Waals surface area (Å²) in [4.78, 5) is 15.1. The molecule has 1 amide bonds. The van der Waals surface area contributed by atoms with E-state index in [1.54, 1.807) is 32.3 Å². The molecule has 0 saturated heterocycles. The van der Waals surface area contributed by atoms with Crippen molar-refractivity contribution >= 4 is 11.8 Å². The summed E-state index contributed by atoms with van der Waals surface area (Å²) in [5, 5.41) is 2.64. The maximum Gasteiger partial charge on any atom is 0.411 e. The first-order chi connectivity index (χ1) is 6.59. The van der Waals surface area contributed by atoms with Crippen LogP contribution in [0, 0.1) is 6.92 Å². The number of ether oxygens (including phenoxy) is 1. The minimum atomic E-state index is -0.436. The standard InChI is InChI=1S/C10H14N2O2/c1-7(2)14-10(13)12-9-4-5-11-6-8(9)3/h4-7H,1-3H3,(H,11,12,13). The number of amides is 1. The summed E-state index contributed by atoms with van der Waals surface area (Å²) in [5.41, 5.74) is 1.64. The van der Waals surface area contributed by atoms with Gasteiger partial charge in [-0.05, 0) is 32.4 Å². The van der Waals surface area contributed by atoms with Gasteiger partial charge >= 0.3 is 6.09 Å². The van der Waals surface area contributed by atoms with Crippen LogP contribution in [-0.4, -0.2) is 17.2 Å². The fourth-order valence-corrected chi connectivity index (χ4v) is 0.967. The molecule has 76 valence electrons. The van der Waals surface area contributed by atoms with Gasteiger partial charge in [0.05, 0.1) is 6.10 Å². The van der Waals surface area contributed by atoms with Gasteiger partial charge in [0.1, 0.15) is 0 Å². The highest BCUT2D eigenvalue weighted by molar-refractivity contribution is 5.85. The third-order valence-corrected chi connectivity index (χ3v) is 1.60. The summed E-state index contributed by atoms with van der Waals surface area (Å²) in [6.45, 7) is 5.48. The van der Waals surface area contributed by atoms with E-state index in [0.717, 1.165) is 11.3 Å². The van der Waals surface area contributed by atoms with Gasteiger partial charge in [-0.25, -0.2) is 4.79 Å². The van der Waals surface area contributed by atoms with Crippen molar-refractivity contribution in [2.45, 2.75) is 26.9 Å². The number of carbonyl (C=O) groups is 1. The van der Waals surface area contributed by atoms with Gasteiger partial charge in [-0.15, -0.1) is 0 Å². The van der Waals surface area contributed by atoms with Crippen LogP contribution in [0.1, 0.15) is 19.4 Å². The van der Waals surface area contributed by atoms with Crippen molar-refractivity contribution in [1.82, 2.24) is 4.98 Å². The monoisotopic (exact) mass is 194 g/mol. The zero-order valence-electron chi connectivity index (χ0n) is 8.57. The molecule has 1 N–H and O–H groups in total. The highest BCUT2D eigenvalue weighted by Gasteiger charge is 2.06. The van der Waals surface area contributed by atoms with E-state index in [0.29, 0.717) is 0 Å². The van der Waals surface area contributed by atoms with Gasteiger partial charge in [-0.3, -0.25) is 10.3 Å². The molecule has 1 heterocycles. The normalized spacial score (nSPS) is 10.0. The van der Waals surface area contributed by atoms with Gasteiger partial charge in [0, 0.05) is 18.1 Å². The number of aromatic nitrogens is 1. The number of aryl methyl sites for hydroxylation is 1. The molecule has 0 aliphatic rings. The second kappa shape index (κ2) is 4.60. The summed E-state index contributed by atoms with van der Waals surface area (Å²) in [7, 11) is 0. The van der Waals surface area contributed by atoms with E-state index in [-0.39, 0.29) is 6.10 Å². The molecule has 0 spiro atoms. The maximum absolute atomic E-state index is 11.2. The Morgan fingerprint density at radius 2 is 2.29 bits per heavy atom. The molecule has 0 fully saturated rings. The zero-order chi connectivity index (χ0) is 10.6. The number of anilines is 1.